The number of benzene rings is 1. The highest BCUT2D eigenvalue weighted by Gasteiger charge is 2.29. The van der Waals surface area contributed by atoms with E-state index in [1.54, 1.807) is 26.5 Å². The topological polar surface area (TPSA) is 56.3 Å². The molecule has 1 unspecified atom stereocenters. The summed E-state index contributed by atoms with van der Waals surface area (Å²) in [5.74, 6) is 2.28. The lowest BCUT2D eigenvalue weighted by molar-refractivity contribution is 0.395. The number of methoxy groups -OCH3 is 2. The maximum atomic E-state index is 6.61. The largest absolute Gasteiger partial charge is 0.495 e. The predicted octanol–water partition coefficient (Wildman–Crippen LogP) is 6.48. The highest BCUT2D eigenvalue weighted by atomic mass is 35.5. The third-order valence-corrected chi connectivity index (χ3v) is 6.16. The Balaban J connectivity index is 1.94. The first-order valence-corrected chi connectivity index (χ1v) is 10.4. The Morgan fingerprint density at radius 1 is 1.03 bits per heavy atom. The average Bonchev–Trinajstić information content (AvgIpc) is 3.54. The monoisotopic (exact) mass is 451 g/mol. The minimum atomic E-state index is 0.290. The number of hydrogen-bond acceptors (Lipinski definition) is 5. The van der Waals surface area contributed by atoms with Crippen molar-refractivity contribution in [2.45, 2.75) is 25.8 Å². The molecule has 2 heterocycles. The quantitative estimate of drug-likeness (QED) is 0.433. The Morgan fingerprint density at radius 3 is 2.28 bits per heavy atom. The van der Waals surface area contributed by atoms with Gasteiger partial charge >= 0.3 is 0 Å². The van der Waals surface area contributed by atoms with Crippen LogP contribution >= 0.6 is 34.8 Å². The van der Waals surface area contributed by atoms with E-state index < -0.39 is 0 Å². The van der Waals surface area contributed by atoms with Crippen molar-refractivity contribution in [1.29, 1.82) is 0 Å². The molecule has 1 fully saturated rings. The van der Waals surface area contributed by atoms with E-state index >= 15 is 0 Å². The predicted molar refractivity (Wildman–Crippen MR) is 119 cm³/mol. The molecule has 1 saturated carbocycles. The molecular weight excluding hydrogens is 433 g/mol. The van der Waals surface area contributed by atoms with Crippen LogP contribution in [0.25, 0.3) is 22.0 Å². The standard InChI is InChI=1S/C21H20Cl3N3O2/c1-10(11-4-5-11)26-21-13-7-17(22)25-9-12(13)6-14(27-21)18-19(23)15(28-2)8-16(29-3)20(18)24/h6-11H,4-5H2,1-3H3,(H,26,27). The van der Waals surface area contributed by atoms with Gasteiger partial charge in [0, 0.05) is 34.6 Å². The molecule has 0 saturated heterocycles. The number of anilines is 1. The summed E-state index contributed by atoms with van der Waals surface area (Å²) in [6.45, 7) is 2.16. The molecule has 0 amide bonds. The zero-order valence-corrected chi connectivity index (χ0v) is 18.5. The summed E-state index contributed by atoms with van der Waals surface area (Å²) in [4.78, 5) is 9.07. The van der Waals surface area contributed by atoms with Crippen LogP contribution in [0.3, 0.4) is 0 Å². The average molecular weight is 453 g/mol. The third-order valence-electron chi connectivity index (χ3n) is 5.20. The van der Waals surface area contributed by atoms with Crippen LogP contribution in [0, 0.1) is 5.92 Å². The molecule has 0 radical (unpaired) electrons. The maximum absolute atomic E-state index is 6.61. The molecule has 1 N–H and O–H groups in total. The van der Waals surface area contributed by atoms with Gasteiger partial charge in [-0.2, -0.15) is 0 Å². The number of hydrogen-bond donors (Lipinski definition) is 1. The van der Waals surface area contributed by atoms with Crippen LogP contribution in [-0.2, 0) is 0 Å². The first-order valence-electron chi connectivity index (χ1n) is 9.26. The molecule has 29 heavy (non-hydrogen) atoms. The summed E-state index contributed by atoms with van der Waals surface area (Å²) in [6, 6.07) is 5.65. The van der Waals surface area contributed by atoms with Gasteiger partial charge in [0.2, 0.25) is 0 Å². The zero-order chi connectivity index (χ0) is 20.7. The molecular formula is C21H20Cl3N3O2. The van der Waals surface area contributed by atoms with Gasteiger partial charge in [-0.25, -0.2) is 9.97 Å². The van der Waals surface area contributed by atoms with Crippen molar-refractivity contribution in [2.24, 2.45) is 5.92 Å². The fourth-order valence-electron chi connectivity index (χ4n) is 3.40. The number of pyridine rings is 2. The second-order valence-electron chi connectivity index (χ2n) is 7.14. The van der Waals surface area contributed by atoms with Crippen LogP contribution in [0.1, 0.15) is 19.8 Å². The zero-order valence-electron chi connectivity index (χ0n) is 16.2. The summed E-state index contributed by atoms with van der Waals surface area (Å²) < 4.78 is 10.8. The molecule has 1 atom stereocenters. The second-order valence-corrected chi connectivity index (χ2v) is 8.28. The molecule has 2 aromatic heterocycles. The summed E-state index contributed by atoms with van der Waals surface area (Å²) in [5.41, 5.74) is 1.14. The van der Waals surface area contributed by atoms with Crippen LogP contribution < -0.4 is 14.8 Å². The fourth-order valence-corrected chi connectivity index (χ4v) is 4.25. The number of rotatable bonds is 6. The van der Waals surface area contributed by atoms with Crippen molar-refractivity contribution in [3.05, 3.63) is 39.6 Å². The Labute approximate surface area is 184 Å². The van der Waals surface area contributed by atoms with Gasteiger partial charge in [-0.15, -0.1) is 0 Å². The number of halogens is 3. The van der Waals surface area contributed by atoms with Gasteiger partial charge in [0.15, 0.2) is 0 Å². The molecule has 8 heteroatoms. The van der Waals surface area contributed by atoms with E-state index in [2.05, 4.69) is 17.2 Å². The van der Waals surface area contributed by atoms with Crippen LogP contribution in [0.2, 0.25) is 15.2 Å². The highest BCUT2D eigenvalue weighted by molar-refractivity contribution is 6.41. The molecule has 152 valence electrons. The molecule has 0 bridgehead atoms. The Morgan fingerprint density at radius 2 is 1.69 bits per heavy atom. The second kappa shape index (κ2) is 8.05. The molecule has 4 rings (SSSR count). The van der Waals surface area contributed by atoms with Gasteiger partial charge in [0.25, 0.3) is 0 Å². The SMILES string of the molecule is COc1cc(OC)c(Cl)c(-c2cc3cnc(Cl)cc3c(NC(C)C3CC3)n2)c1Cl. The van der Waals surface area contributed by atoms with E-state index in [0.717, 1.165) is 16.6 Å². The molecule has 5 nitrogen and oxygen atoms in total. The van der Waals surface area contributed by atoms with E-state index in [9.17, 15) is 0 Å². The molecule has 0 spiro atoms. The van der Waals surface area contributed by atoms with Crippen molar-refractivity contribution >= 4 is 51.4 Å². The fraction of sp³-hybridized carbons (Fsp3) is 0.333. The number of aromatic nitrogens is 2. The van der Waals surface area contributed by atoms with E-state index in [0.29, 0.717) is 49.9 Å². The Bertz CT molecular complexity index is 1060. The lowest BCUT2D eigenvalue weighted by Crippen LogP contribution is -2.18. The summed E-state index contributed by atoms with van der Waals surface area (Å²) in [7, 11) is 3.09. The number of ether oxygens (including phenoxy) is 2. The van der Waals surface area contributed by atoms with Gasteiger partial charge in [0.05, 0.1) is 30.0 Å². The van der Waals surface area contributed by atoms with Gasteiger partial charge in [-0.3, -0.25) is 0 Å². The van der Waals surface area contributed by atoms with Gasteiger partial charge in [-0.05, 0) is 37.8 Å². The van der Waals surface area contributed by atoms with Crippen LogP contribution in [0.15, 0.2) is 24.4 Å². The smallest absolute Gasteiger partial charge is 0.141 e. The van der Waals surface area contributed by atoms with Crippen molar-refractivity contribution in [3.8, 4) is 22.8 Å². The lowest BCUT2D eigenvalue weighted by atomic mass is 10.1. The van der Waals surface area contributed by atoms with Crippen molar-refractivity contribution in [1.82, 2.24) is 9.97 Å². The van der Waals surface area contributed by atoms with E-state index in [4.69, 9.17) is 49.3 Å². The van der Waals surface area contributed by atoms with Gasteiger partial charge in [0.1, 0.15) is 22.5 Å². The minimum Gasteiger partial charge on any atom is -0.495 e. The first-order chi connectivity index (χ1) is 13.9. The Hall–Kier alpha value is -1.95. The summed E-state index contributed by atoms with van der Waals surface area (Å²) in [6.07, 6.45) is 4.16. The third kappa shape index (κ3) is 3.91. The maximum Gasteiger partial charge on any atom is 0.141 e. The van der Waals surface area contributed by atoms with Crippen LogP contribution in [0.5, 0.6) is 11.5 Å². The highest BCUT2D eigenvalue weighted by Crippen LogP contribution is 2.46. The minimum absolute atomic E-state index is 0.290. The normalized spacial score (nSPS) is 14.7. The molecule has 1 aromatic carbocycles. The lowest BCUT2D eigenvalue weighted by Gasteiger charge is -2.19. The summed E-state index contributed by atoms with van der Waals surface area (Å²) >= 11 is 19.4. The van der Waals surface area contributed by atoms with E-state index in [-0.39, 0.29) is 0 Å². The Kier molecular flexibility index (Phi) is 5.65. The van der Waals surface area contributed by atoms with Crippen molar-refractivity contribution < 1.29 is 9.47 Å². The van der Waals surface area contributed by atoms with Crippen molar-refractivity contribution in [3.63, 3.8) is 0 Å². The molecule has 1 aliphatic rings. The van der Waals surface area contributed by atoms with Gasteiger partial charge < -0.3 is 14.8 Å². The van der Waals surface area contributed by atoms with E-state index in [1.807, 2.05) is 12.1 Å². The van der Waals surface area contributed by atoms with E-state index in [1.165, 1.54) is 12.8 Å². The number of nitrogens with zero attached hydrogens (tertiary/aromatic N) is 2. The summed E-state index contributed by atoms with van der Waals surface area (Å²) in [5, 5.41) is 6.45. The van der Waals surface area contributed by atoms with Gasteiger partial charge in [-0.1, -0.05) is 34.8 Å². The first kappa shape index (κ1) is 20.3. The number of fused-ring (bicyclic) bond motifs is 1. The van der Waals surface area contributed by atoms with Crippen molar-refractivity contribution in [2.75, 3.05) is 19.5 Å². The molecule has 1 aliphatic carbocycles. The molecule has 0 aliphatic heterocycles. The molecule has 3 aromatic rings. The van der Waals surface area contributed by atoms with Crippen LogP contribution in [0.4, 0.5) is 5.82 Å². The van der Waals surface area contributed by atoms with Crippen LogP contribution in [-0.4, -0.2) is 30.2 Å². The number of nitrogens with one attached hydrogen (secondary N) is 1.